The third-order valence-electron chi connectivity index (χ3n) is 5.91. The number of likely N-dealkylation sites (tertiary alicyclic amines) is 1. The lowest BCUT2D eigenvalue weighted by Crippen LogP contribution is -2.51. The fourth-order valence-electron chi connectivity index (χ4n) is 3.98. The highest BCUT2D eigenvalue weighted by atomic mass is 16.4. The van der Waals surface area contributed by atoms with E-state index in [9.17, 15) is 24.3 Å². The zero-order valence-corrected chi connectivity index (χ0v) is 19.5. The second kappa shape index (κ2) is 11.4. The van der Waals surface area contributed by atoms with Crippen LogP contribution in [-0.4, -0.2) is 52.8 Å². The van der Waals surface area contributed by atoms with E-state index in [-0.39, 0.29) is 23.5 Å². The molecular formula is C26H31N3O5. The molecule has 2 aromatic rings. The van der Waals surface area contributed by atoms with E-state index in [2.05, 4.69) is 10.6 Å². The van der Waals surface area contributed by atoms with Crippen LogP contribution in [0.4, 0.5) is 10.5 Å². The SMILES string of the molecule is CC(C)C[C@H](NC(=O)N1CCC(C(=O)Nc2ccc(C(=O)c3ccccc3)cc2)CC1)C(=O)O. The largest absolute Gasteiger partial charge is 0.480 e. The molecule has 2 aromatic carbocycles. The molecule has 180 valence electrons. The van der Waals surface area contributed by atoms with Gasteiger partial charge in [-0.2, -0.15) is 0 Å². The number of ketones is 1. The molecule has 1 fully saturated rings. The van der Waals surface area contributed by atoms with Crippen molar-refractivity contribution in [3.63, 3.8) is 0 Å². The van der Waals surface area contributed by atoms with Crippen molar-refractivity contribution in [3.8, 4) is 0 Å². The van der Waals surface area contributed by atoms with Crippen molar-refractivity contribution >= 4 is 29.4 Å². The molecule has 0 radical (unpaired) electrons. The Morgan fingerprint density at radius 2 is 1.53 bits per heavy atom. The summed E-state index contributed by atoms with van der Waals surface area (Å²) in [6.45, 7) is 4.56. The lowest BCUT2D eigenvalue weighted by atomic mass is 9.96. The van der Waals surface area contributed by atoms with Gasteiger partial charge in [-0.15, -0.1) is 0 Å². The molecule has 0 saturated carbocycles. The van der Waals surface area contributed by atoms with Crippen molar-refractivity contribution in [2.75, 3.05) is 18.4 Å². The number of piperidine rings is 1. The van der Waals surface area contributed by atoms with Crippen LogP contribution in [0, 0.1) is 11.8 Å². The lowest BCUT2D eigenvalue weighted by molar-refractivity contribution is -0.139. The van der Waals surface area contributed by atoms with E-state index in [0.717, 1.165) is 0 Å². The van der Waals surface area contributed by atoms with Crippen LogP contribution in [0.2, 0.25) is 0 Å². The maximum absolute atomic E-state index is 12.7. The van der Waals surface area contributed by atoms with Crippen molar-refractivity contribution in [3.05, 3.63) is 65.7 Å². The van der Waals surface area contributed by atoms with Crippen molar-refractivity contribution in [1.82, 2.24) is 10.2 Å². The molecule has 0 aliphatic carbocycles. The number of hydrogen-bond donors (Lipinski definition) is 3. The van der Waals surface area contributed by atoms with Crippen molar-refractivity contribution in [2.24, 2.45) is 11.8 Å². The van der Waals surface area contributed by atoms with Gasteiger partial charge < -0.3 is 20.6 Å². The van der Waals surface area contributed by atoms with Crippen LogP contribution in [0.5, 0.6) is 0 Å². The summed E-state index contributed by atoms with van der Waals surface area (Å²) in [5, 5.41) is 14.8. The number of hydrogen-bond acceptors (Lipinski definition) is 4. The molecule has 1 aliphatic rings. The summed E-state index contributed by atoms with van der Waals surface area (Å²) >= 11 is 0. The summed E-state index contributed by atoms with van der Waals surface area (Å²) < 4.78 is 0. The topological polar surface area (TPSA) is 116 Å². The number of carboxylic acids is 1. The average Bonchev–Trinajstić information content (AvgIpc) is 2.84. The summed E-state index contributed by atoms with van der Waals surface area (Å²) in [5.41, 5.74) is 1.75. The van der Waals surface area contributed by atoms with Crippen LogP contribution < -0.4 is 10.6 Å². The number of aliphatic carboxylic acids is 1. The molecule has 1 aliphatic heterocycles. The average molecular weight is 466 g/mol. The Hall–Kier alpha value is -3.68. The Kier molecular flexibility index (Phi) is 8.40. The molecule has 3 rings (SSSR count). The highest BCUT2D eigenvalue weighted by molar-refractivity contribution is 6.09. The van der Waals surface area contributed by atoms with E-state index >= 15 is 0 Å². The van der Waals surface area contributed by atoms with Gasteiger partial charge in [0, 0.05) is 35.8 Å². The molecule has 1 saturated heterocycles. The Morgan fingerprint density at radius 1 is 0.941 bits per heavy atom. The first-order valence-electron chi connectivity index (χ1n) is 11.5. The van der Waals surface area contributed by atoms with Crippen molar-refractivity contribution in [1.29, 1.82) is 0 Å². The van der Waals surface area contributed by atoms with E-state index in [1.165, 1.54) is 0 Å². The minimum Gasteiger partial charge on any atom is -0.480 e. The molecule has 1 heterocycles. The summed E-state index contributed by atoms with van der Waals surface area (Å²) in [5.74, 6) is -1.37. The van der Waals surface area contributed by atoms with Gasteiger partial charge in [-0.1, -0.05) is 44.2 Å². The summed E-state index contributed by atoms with van der Waals surface area (Å²) in [4.78, 5) is 50.6. The van der Waals surface area contributed by atoms with Crippen LogP contribution in [0.25, 0.3) is 0 Å². The van der Waals surface area contributed by atoms with Gasteiger partial charge in [0.25, 0.3) is 0 Å². The first-order valence-corrected chi connectivity index (χ1v) is 11.5. The van der Waals surface area contributed by atoms with Crippen LogP contribution in [0.1, 0.15) is 49.0 Å². The molecule has 8 nitrogen and oxygen atoms in total. The zero-order chi connectivity index (χ0) is 24.7. The summed E-state index contributed by atoms with van der Waals surface area (Å²) in [6, 6.07) is 14.5. The fraction of sp³-hybridized carbons (Fsp3) is 0.385. The first kappa shape index (κ1) is 25.0. The van der Waals surface area contributed by atoms with Gasteiger partial charge in [-0.25, -0.2) is 9.59 Å². The molecule has 3 N–H and O–H groups in total. The number of carbonyl (C=O) groups is 4. The van der Waals surface area contributed by atoms with E-state index < -0.39 is 18.0 Å². The highest BCUT2D eigenvalue weighted by Crippen LogP contribution is 2.21. The Labute approximate surface area is 199 Å². The normalized spacial score (nSPS) is 15.0. The monoisotopic (exact) mass is 465 g/mol. The predicted octanol–water partition coefficient (Wildman–Crippen LogP) is 3.78. The molecule has 0 aromatic heterocycles. The third-order valence-corrected chi connectivity index (χ3v) is 5.91. The van der Waals surface area contributed by atoms with Gasteiger partial charge in [0.2, 0.25) is 5.91 Å². The quantitative estimate of drug-likeness (QED) is 0.513. The Balaban J connectivity index is 1.49. The highest BCUT2D eigenvalue weighted by Gasteiger charge is 2.29. The van der Waals surface area contributed by atoms with E-state index in [4.69, 9.17) is 0 Å². The molecule has 0 bridgehead atoms. The van der Waals surface area contributed by atoms with E-state index in [1.807, 2.05) is 32.0 Å². The van der Waals surface area contributed by atoms with Gasteiger partial charge in [0.05, 0.1) is 0 Å². The molecule has 1 atom stereocenters. The number of urea groups is 1. The van der Waals surface area contributed by atoms with Crippen LogP contribution in [0.15, 0.2) is 54.6 Å². The number of nitrogens with zero attached hydrogens (tertiary/aromatic N) is 1. The van der Waals surface area contributed by atoms with E-state index in [1.54, 1.807) is 41.3 Å². The number of nitrogens with one attached hydrogen (secondary N) is 2. The van der Waals surface area contributed by atoms with Crippen LogP contribution >= 0.6 is 0 Å². The lowest BCUT2D eigenvalue weighted by Gasteiger charge is -2.32. The minimum atomic E-state index is -1.05. The molecular weight excluding hydrogens is 434 g/mol. The number of benzene rings is 2. The van der Waals surface area contributed by atoms with Crippen LogP contribution in [-0.2, 0) is 9.59 Å². The summed E-state index contributed by atoms with van der Waals surface area (Å²) in [7, 11) is 0. The summed E-state index contributed by atoms with van der Waals surface area (Å²) in [6.07, 6.45) is 1.34. The third kappa shape index (κ3) is 6.66. The standard InChI is InChI=1S/C26H31N3O5/c1-17(2)16-22(25(32)33)28-26(34)29-14-12-20(13-15-29)24(31)27-21-10-8-19(9-11-21)23(30)18-6-4-3-5-7-18/h3-11,17,20,22H,12-16H2,1-2H3,(H,27,31)(H,28,34)(H,32,33)/t22-/m0/s1. The predicted molar refractivity (Wildman–Crippen MR) is 129 cm³/mol. The molecule has 34 heavy (non-hydrogen) atoms. The second-order valence-corrected chi connectivity index (χ2v) is 8.99. The first-order chi connectivity index (χ1) is 16.2. The fourth-order valence-corrected chi connectivity index (χ4v) is 3.98. The maximum atomic E-state index is 12.7. The number of anilines is 1. The molecule has 3 amide bonds. The van der Waals surface area contributed by atoms with Gasteiger partial charge in [0.15, 0.2) is 5.78 Å². The van der Waals surface area contributed by atoms with Gasteiger partial charge in [0.1, 0.15) is 6.04 Å². The number of carbonyl (C=O) groups excluding carboxylic acids is 3. The second-order valence-electron chi connectivity index (χ2n) is 8.99. The van der Waals surface area contributed by atoms with Gasteiger partial charge in [-0.3, -0.25) is 9.59 Å². The van der Waals surface area contributed by atoms with Crippen molar-refractivity contribution in [2.45, 2.75) is 39.2 Å². The van der Waals surface area contributed by atoms with E-state index in [0.29, 0.717) is 49.2 Å². The Morgan fingerprint density at radius 3 is 2.09 bits per heavy atom. The molecule has 0 spiro atoms. The van der Waals surface area contributed by atoms with Crippen LogP contribution in [0.3, 0.4) is 0 Å². The zero-order valence-electron chi connectivity index (χ0n) is 19.5. The molecule has 0 unspecified atom stereocenters. The maximum Gasteiger partial charge on any atom is 0.326 e. The minimum absolute atomic E-state index is 0.0809. The number of rotatable bonds is 8. The molecule has 8 heteroatoms. The van der Waals surface area contributed by atoms with Crippen molar-refractivity contribution < 1.29 is 24.3 Å². The smallest absolute Gasteiger partial charge is 0.326 e. The van der Waals surface area contributed by atoms with Gasteiger partial charge >= 0.3 is 12.0 Å². The Bertz CT molecular complexity index is 1010. The van der Waals surface area contributed by atoms with Gasteiger partial charge in [-0.05, 0) is 49.4 Å². The number of amides is 3. The number of carboxylic acid groups (broad SMARTS) is 1.